The summed E-state index contributed by atoms with van der Waals surface area (Å²) >= 11 is 0. The van der Waals surface area contributed by atoms with Gasteiger partial charge in [0.25, 0.3) is 0 Å². The summed E-state index contributed by atoms with van der Waals surface area (Å²) in [5, 5.41) is 9.82. The third-order valence-electron chi connectivity index (χ3n) is 4.21. The molecule has 1 fully saturated rings. The van der Waals surface area contributed by atoms with Crippen LogP contribution in [0.5, 0.6) is 0 Å². The van der Waals surface area contributed by atoms with Gasteiger partial charge in [-0.2, -0.15) is 0 Å². The van der Waals surface area contributed by atoms with Crippen molar-refractivity contribution in [2.75, 3.05) is 13.1 Å². The number of aliphatic hydroxyl groups excluding tert-OH is 1. The first kappa shape index (κ1) is 11.2. The van der Waals surface area contributed by atoms with Crippen molar-refractivity contribution >= 4 is 0 Å². The second kappa shape index (κ2) is 4.79. The smallest absolute Gasteiger partial charge is 0.0667 e. The van der Waals surface area contributed by atoms with E-state index in [4.69, 9.17) is 0 Å². The van der Waals surface area contributed by atoms with E-state index >= 15 is 0 Å². The van der Waals surface area contributed by atoms with Crippen LogP contribution >= 0.6 is 0 Å². The molecule has 92 valence electrons. The lowest BCUT2D eigenvalue weighted by Crippen LogP contribution is -2.41. The van der Waals surface area contributed by atoms with Crippen molar-refractivity contribution in [1.82, 2.24) is 4.90 Å². The van der Waals surface area contributed by atoms with Crippen LogP contribution in [0, 0.1) is 0 Å². The number of rotatable bonds is 1. The molecule has 0 radical (unpaired) electrons. The number of benzene rings is 1. The summed E-state index contributed by atoms with van der Waals surface area (Å²) in [5.41, 5.74) is 3.02. The molecule has 1 aromatic carbocycles. The van der Waals surface area contributed by atoms with E-state index in [9.17, 15) is 5.11 Å². The van der Waals surface area contributed by atoms with Crippen molar-refractivity contribution in [3.8, 4) is 0 Å². The molecule has 1 heterocycles. The van der Waals surface area contributed by atoms with Crippen molar-refractivity contribution in [3.63, 3.8) is 0 Å². The highest BCUT2D eigenvalue weighted by Gasteiger charge is 2.28. The van der Waals surface area contributed by atoms with Crippen LogP contribution in [-0.2, 0) is 6.42 Å². The van der Waals surface area contributed by atoms with Gasteiger partial charge in [0.05, 0.1) is 6.10 Å². The highest BCUT2D eigenvalue weighted by atomic mass is 16.3. The zero-order valence-electron chi connectivity index (χ0n) is 10.3. The van der Waals surface area contributed by atoms with Crippen LogP contribution < -0.4 is 0 Å². The van der Waals surface area contributed by atoms with Crippen molar-refractivity contribution in [3.05, 3.63) is 35.4 Å². The molecule has 17 heavy (non-hydrogen) atoms. The molecule has 0 spiro atoms. The maximum absolute atomic E-state index is 9.82. The lowest BCUT2D eigenvalue weighted by Gasteiger charge is -2.39. The average molecular weight is 231 g/mol. The number of aliphatic hydroxyl groups is 1. The highest BCUT2D eigenvalue weighted by Crippen LogP contribution is 2.35. The maximum atomic E-state index is 9.82. The van der Waals surface area contributed by atoms with E-state index < -0.39 is 0 Å². The Kier molecular flexibility index (Phi) is 3.17. The fourth-order valence-electron chi connectivity index (χ4n) is 3.37. The van der Waals surface area contributed by atoms with Gasteiger partial charge in [-0.05, 0) is 49.8 Å². The molecule has 1 aromatic rings. The van der Waals surface area contributed by atoms with E-state index in [1.54, 1.807) is 0 Å². The van der Waals surface area contributed by atoms with Crippen LogP contribution in [0.25, 0.3) is 0 Å². The van der Waals surface area contributed by atoms with Crippen LogP contribution in [0.4, 0.5) is 0 Å². The monoisotopic (exact) mass is 231 g/mol. The first-order chi connectivity index (χ1) is 8.34. The highest BCUT2D eigenvalue weighted by molar-refractivity contribution is 5.32. The van der Waals surface area contributed by atoms with Gasteiger partial charge in [-0.3, -0.25) is 4.90 Å². The van der Waals surface area contributed by atoms with E-state index in [0.717, 1.165) is 25.9 Å². The van der Waals surface area contributed by atoms with Crippen LogP contribution in [0.3, 0.4) is 0 Å². The minimum atomic E-state index is -0.113. The molecule has 0 saturated carbocycles. The molecule has 1 aliphatic carbocycles. The molecule has 0 bridgehead atoms. The number of hydrogen-bond donors (Lipinski definition) is 1. The van der Waals surface area contributed by atoms with E-state index in [2.05, 4.69) is 29.2 Å². The summed E-state index contributed by atoms with van der Waals surface area (Å²) < 4.78 is 0. The van der Waals surface area contributed by atoms with Gasteiger partial charge in [0.1, 0.15) is 0 Å². The number of nitrogens with zero attached hydrogens (tertiary/aromatic N) is 1. The van der Waals surface area contributed by atoms with E-state index in [1.165, 1.54) is 30.4 Å². The largest absolute Gasteiger partial charge is 0.392 e. The predicted molar refractivity (Wildman–Crippen MR) is 68.9 cm³/mol. The van der Waals surface area contributed by atoms with Crippen molar-refractivity contribution in [2.45, 2.75) is 44.2 Å². The lowest BCUT2D eigenvalue weighted by atomic mass is 9.86. The Labute approximate surface area is 103 Å². The Bertz CT molecular complexity index is 390. The second-order valence-corrected chi connectivity index (χ2v) is 5.40. The standard InChI is InChI=1S/C15H21NO/c17-13-7-4-10-16(11-13)15-9-3-6-12-5-1-2-8-14(12)15/h1-2,5,8,13,15,17H,3-4,6-7,9-11H2. The number of likely N-dealkylation sites (tertiary alicyclic amines) is 1. The summed E-state index contributed by atoms with van der Waals surface area (Å²) in [4.78, 5) is 2.49. The molecular weight excluding hydrogens is 210 g/mol. The maximum Gasteiger partial charge on any atom is 0.0667 e. The minimum absolute atomic E-state index is 0.113. The van der Waals surface area contributed by atoms with E-state index in [-0.39, 0.29) is 6.10 Å². The topological polar surface area (TPSA) is 23.5 Å². The summed E-state index contributed by atoms with van der Waals surface area (Å²) in [5.74, 6) is 0. The predicted octanol–water partition coefficient (Wildman–Crippen LogP) is 2.52. The number of aryl methyl sites for hydroxylation is 1. The van der Waals surface area contributed by atoms with Gasteiger partial charge >= 0.3 is 0 Å². The van der Waals surface area contributed by atoms with Gasteiger partial charge in [-0.15, -0.1) is 0 Å². The molecular formula is C15H21NO. The Hall–Kier alpha value is -0.860. The molecule has 0 aromatic heterocycles. The Balaban J connectivity index is 1.84. The number of piperidine rings is 1. The quantitative estimate of drug-likeness (QED) is 0.803. The Morgan fingerprint density at radius 2 is 2.00 bits per heavy atom. The third-order valence-corrected chi connectivity index (χ3v) is 4.21. The number of hydrogen-bond acceptors (Lipinski definition) is 2. The second-order valence-electron chi connectivity index (χ2n) is 5.40. The fourth-order valence-corrected chi connectivity index (χ4v) is 3.37. The van der Waals surface area contributed by atoms with Crippen molar-refractivity contribution in [2.24, 2.45) is 0 Å². The van der Waals surface area contributed by atoms with Crippen molar-refractivity contribution in [1.29, 1.82) is 0 Å². The SMILES string of the molecule is OC1CCCN(C2CCCc3ccccc32)C1. The first-order valence-electron chi connectivity index (χ1n) is 6.84. The minimum Gasteiger partial charge on any atom is -0.392 e. The summed E-state index contributed by atoms with van der Waals surface area (Å²) in [6.07, 6.45) is 5.77. The Morgan fingerprint density at radius 1 is 1.12 bits per heavy atom. The van der Waals surface area contributed by atoms with Crippen LogP contribution in [0.2, 0.25) is 0 Å². The van der Waals surface area contributed by atoms with Gasteiger partial charge in [-0.1, -0.05) is 24.3 Å². The molecule has 2 atom stereocenters. The van der Waals surface area contributed by atoms with Crippen LogP contribution in [0.1, 0.15) is 42.9 Å². The van der Waals surface area contributed by atoms with E-state index in [0.29, 0.717) is 6.04 Å². The molecule has 0 amide bonds. The summed E-state index contributed by atoms with van der Waals surface area (Å²) in [6.45, 7) is 2.01. The molecule has 2 heteroatoms. The molecule has 1 N–H and O–H groups in total. The number of β-amino-alcohol motifs (C(OH)–C–C–N with tert-alkyl or cyclic N) is 1. The van der Waals surface area contributed by atoms with Gasteiger partial charge in [0.2, 0.25) is 0 Å². The van der Waals surface area contributed by atoms with E-state index in [1.807, 2.05) is 0 Å². The van der Waals surface area contributed by atoms with Crippen LogP contribution in [-0.4, -0.2) is 29.2 Å². The van der Waals surface area contributed by atoms with Crippen molar-refractivity contribution < 1.29 is 5.11 Å². The average Bonchev–Trinajstić information content (AvgIpc) is 2.38. The lowest BCUT2D eigenvalue weighted by molar-refractivity contribution is 0.0413. The normalized spacial score (nSPS) is 29.9. The third kappa shape index (κ3) is 2.24. The van der Waals surface area contributed by atoms with Gasteiger partial charge in [0.15, 0.2) is 0 Å². The summed E-state index contributed by atoms with van der Waals surface area (Å²) in [6, 6.07) is 9.39. The van der Waals surface area contributed by atoms with Gasteiger partial charge < -0.3 is 5.11 Å². The molecule has 2 aliphatic rings. The Morgan fingerprint density at radius 3 is 2.88 bits per heavy atom. The first-order valence-corrected chi connectivity index (χ1v) is 6.84. The summed E-state index contributed by atoms with van der Waals surface area (Å²) in [7, 11) is 0. The molecule has 2 unspecified atom stereocenters. The van der Waals surface area contributed by atoms with Crippen LogP contribution in [0.15, 0.2) is 24.3 Å². The fraction of sp³-hybridized carbons (Fsp3) is 0.600. The zero-order chi connectivity index (χ0) is 11.7. The van der Waals surface area contributed by atoms with Gasteiger partial charge in [0, 0.05) is 12.6 Å². The molecule has 1 aliphatic heterocycles. The van der Waals surface area contributed by atoms with Gasteiger partial charge in [-0.25, -0.2) is 0 Å². The molecule has 1 saturated heterocycles. The number of fused-ring (bicyclic) bond motifs is 1. The molecule has 3 rings (SSSR count). The zero-order valence-corrected chi connectivity index (χ0v) is 10.3. The molecule has 2 nitrogen and oxygen atoms in total.